The lowest BCUT2D eigenvalue weighted by Gasteiger charge is -2.17. The third-order valence-electron chi connectivity index (χ3n) is 2.93. The normalized spacial score (nSPS) is 12.4. The highest BCUT2D eigenvalue weighted by molar-refractivity contribution is 9.10. The Bertz CT molecular complexity index is 594. The lowest BCUT2D eigenvalue weighted by Crippen LogP contribution is -2.20. The molecule has 1 atom stereocenters. The van der Waals surface area contributed by atoms with Crippen molar-refractivity contribution in [3.63, 3.8) is 0 Å². The van der Waals surface area contributed by atoms with E-state index in [1.54, 1.807) is 23.9 Å². The average molecular weight is 375 g/mol. The fourth-order valence-corrected chi connectivity index (χ4v) is 3.71. The molecular formula is C15H14BrClFNS. The van der Waals surface area contributed by atoms with E-state index < -0.39 is 0 Å². The number of thioether (sulfide) groups is 1. The van der Waals surface area contributed by atoms with Gasteiger partial charge in [0.15, 0.2) is 0 Å². The van der Waals surface area contributed by atoms with Gasteiger partial charge in [0.25, 0.3) is 0 Å². The number of benzene rings is 2. The van der Waals surface area contributed by atoms with E-state index in [-0.39, 0.29) is 11.9 Å². The fourth-order valence-electron chi connectivity index (χ4n) is 1.85. The summed E-state index contributed by atoms with van der Waals surface area (Å²) in [7, 11) is 1.83. The molecule has 0 heterocycles. The monoisotopic (exact) mass is 373 g/mol. The average Bonchev–Trinajstić information content (AvgIpc) is 2.43. The molecule has 0 aliphatic carbocycles. The Balaban J connectivity index is 2.11. The zero-order chi connectivity index (χ0) is 14.5. The zero-order valence-corrected chi connectivity index (χ0v) is 14.0. The van der Waals surface area contributed by atoms with Crippen molar-refractivity contribution in [1.29, 1.82) is 0 Å². The summed E-state index contributed by atoms with van der Waals surface area (Å²) in [5.74, 6) is 0.460. The molecule has 20 heavy (non-hydrogen) atoms. The highest BCUT2D eigenvalue weighted by Crippen LogP contribution is 2.31. The molecule has 0 bridgehead atoms. The zero-order valence-electron chi connectivity index (χ0n) is 10.9. The van der Waals surface area contributed by atoms with E-state index in [0.717, 1.165) is 15.1 Å². The SMILES string of the molecule is CNC(CSc1ccccc1Br)c1ccc(Cl)cc1F. The minimum Gasteiger partial charge on any atom is -0.312 e. The summed E-state index contributed by atoms with van der Waals surface area (Å²) in [6, 6.07) is 12.7. The summed E-state index contributed by atoms with van der Waals surface area (Å²) < 4.78 is 15.0. The molecule has 1 N–H and O–H groups in total. The van der Waals surface area contributed by atoms with Crippen LogP contribution < -0.4 is 5.32 Å². The Morgan fingerprint density at radius 2 is 2.05 bits per heavy atom. The maximum absolute atomic E-state index is 13.9. The van der Waals surface area contributed by atoms with E-state index in [1.807, 2.05) is 31.3 Å². The van der Waals surface area contributed by atoms with E-state index in [1.165, 1.54) is 6.07 Å². The van der Waals surface area contributed by atoms with E-state index in [4.69, 9.17) is 11.6 Å². The quantitative estimate of drug-likeness (QED) is 0.713. The van der Waals surface area contributed by atoms with Gasteiger partial charge in [-0.25, -0.2) is 4.39 Å². The second-order valence-electron chi connectivity index (χ2n) is 4.25. The van der Waals surface area contributed by atoms with Crippen LogP contribution in [0.25, 0.3) is 0 Å². The van der Waals surface area contributed by atoms with Crippen molar-refractivity contribution in [2.45, 2.75) is 10.9 Å². The summed E-state index contributed by atoms with van der Waals surface area (Å²) in [4.78, 5) is 1.14. The number of hydrogen-bond acceptors (Lipinski definition) is 2. The smallest absolute Gasteiger partial charge is 0.129 e. The maximum Gasteiger partial charge on any atom is 0.129 e. The molecule has 0 spiro atoms. The van der Waals surface area contributed by atoms with Crippen LogP contribution >= 0.6 is 39.3 Å². The minimum absolute atomic E-state index is 0.0654. The van der Waals surface area contributed by atoms with Gasteiger partial charge in [-0.15, -0.1) is 11.8 Å². The second-order valence-corrected chi connectivity index (χ2v) is 6.60. The highest BCUT2D eigenvalue weighted by atomic mass is 79.9. The lowest BCUT2D eigenvalue weighted by molar-refractivity contribution is 0.566. The predicted molar refractivity (Wildman–Crippen MR) is 88.1 cm³/mol. The van der Waals surface area contributed by atoms with Crippen LogP contribution in [-0.4, -0.2) is 12.8 Å². The Kier molecular flexibility index (Phi) is 5.90. The van der Waals surface area contributed by atoms with Gasteiger partial charge in [0.1, 0.15) is 5.82 Å². The summed E-state index contributed by atoms with van der Waals surface area (Å²) in [6.45, 7) is 0. The maximum atomic E-state index is 13.9. The van der Waals surface area contributed by atoms with Crippen LogP contribution in [0.1, 0.15) is 11.6 Å². The van der Waals surface area contributed by atoms with Crippen LogP contribution in [0.2, 0.25) is 5.02 Å². The van der Waals surface area contributed by atoms with Crippen LogP contribution in [0.4, 0.5) is 4.39 Å². The van der Waals surface area contributed by atoms with E-state index >= 15 is 0 Å². The molecule has 5 heteroatoms. The van der Waals surface area contributed by atoms with Crippen LogP contribution in [0.3, 0.4) is 0 Å². The summed E-state index contributed by atoms with van der Waals surface area (Å²) in [5, 5.41) is 3.57. The Labute approximate surface area is 136 Å². The molecule has 0 radical (unpaired) electrons. The van der Waals surface area contributed by atoms with Crippen molar-refractivity contribution in [1.82, 2.24) is 5.32 Å². The van der Waals surface area contributed by atoms with Gasteiger partial charge in [0.2, 0.25) is 0 Å². The molecule has 0 saturated carbocycles. The summed E-state index contributed by atoms with van der Waals surface area (Å²) in [6.07, 6.45) is 0. The molecule has 2 aromatic carbocycles. The molecule has 0 aliphatic rings. The van der Waals surface area contributed by atoms with Crippen LogP contribution in [-0.2, 0) is 0 Å². The molecule has 0 aliphatic heterocycles. The third-order valence-corrected chi connectivity index (χ3v) is 5.28. The Morgan fingerprint density at radius 1 is 1.30 bits per heavy atom. The molecule has 2 rings (SSSR count). The van der Waals surface area contributed by atoms with Crippen LogP contribution in [0.15, 0.2) is 51.8 Å². The van der Waals surface area contributed by atoms with Crippen molar-refractivity contribution in [3.8, 4) is 0 Å². The highest BCUT2D eigenvalue weighted by Gasteiger charge is 2.15. The topological polar surface area (TPSA) is 12.0 Å². The first-order valence-electron chi connectivity index (χ1n) is 6.11. The molecule has 0 saturated heterocycles. The summed E-state index contributed by atoms with van der Waals surface area (Å²) >= 11 is 11.0. The molecular weight excluding hydrogens is 361 g/mol. The molecule has 0 amide bonds. The van der Waals surface area contributed by atoms with Gasteiger partial charge in [-0.3, -0.25) is 0 Å². The Morgan fingerprint density at radius 3 is 2.70 bits per heavy atom. The van der Waals surface area contributed by atoms with Crippen LogP contribution in [0, 0.1) is 5.82 Å². The van der Waals surface area contributed by atoms with Gasteiger partial charge in [0, 0.05) is 31.7 Å². The van der Waals surface area contributed by atoms with E-state index in [9.17, 15) is 4.39 Å². The largest absolute Gasteiger partial charge is 0.312 e. The minimum atomic E-state index is -0.274. The number of nitrogens with one attached hydrogen (secondary N) is 1. The van der Waals surface area contributed by atoms with Gasteiger partial charge >= 0.3 is 0 Å². The van der Waals surface area contributed by atoms with Crippen molar-refractivity contribution in [2.75, 3.05) is 12.8 Å². The first-order valence-corrected chi connectivity index (χ1v) is 8.27. The van der Waals surface area contributed by atoms with E-state index in [2.05, 4.69) is 21.2 Å². The predicted octanol–water partition coefficient (Wildman–Crippen LogP) is 5.29. The van der Waals surface area contributed by atoms with Crippen molar-refractivity contribution < 1.29 is 4.39 Å². The van der Waals surface area contributed by atoms with Crippen molar-refractivity contribution >= 4 is 39.3 Å². The molecule has 0 aromatic heterocycles. The number of halogens is 3. The third kappa shape index (κ3) is 3.98. The van der Waals surface area contributed by atoms with E-state index in [0.29, 0.717) is 10.6 Å². The van der Waals surface area contributed by atoms with Gasteiger partial charge in [-0.05, 0) is 47.2 Å². The van der Waals surface area contributed by atoms with Crippen molar-refractivity contribution in [3.05, 3.63) is 63.3 Å². The Hall–Kier alpha value is -0.550. The summed E-state index contributed by atoms with van der Waals surface area (Å²) in [5.41, 5.74) is 0.636. The number of hydrogen-bond donors (Lipinski definition) is 1. The first-order chi connectivity index (χ1) is 9.61. The van der Waals surface area contributed by atoms with Crippen LogP contribution in [0.5, 0.6) is 0 Å². The number of rotatable bonds is 5. The molecule has 1 unspecified atom stereocenters. The van der Waals surface area contributed by atoms with Gasteiger partial charge in [-0.2, -0.15) is 0 Å². The first kappa shape index (κ1) is 15.8. The second kappa shape index (κ2) is 7.46. The molecule has 1 nitrogen and oxygen atoms in total. The van der Waals surface area contributed by atoms with Gasteiger partial charge < -0.3 is 5.32 Å². The van der Waals surface area contributed by atoms with Crippen molar-refractivity contribution in [2.24, 2.45) is 0 Å². The van der Waals surface area contributed by atoms with Gasteiger partial charge in [0.05, 0.1) is 0 Å². The lowest BCUT2D eigenvalue weighted by atomic mass is 10.1. The molecule has 2 aromatic rings. The molecule has 0 fully saturated rings. The van der Waals surface area contributed by atoms with Gasteiger partial charge in [-0.1, -0.05) is 29.8 Å². The molecule has 106 valence electrons. The standard InChI is InChI=1S/C15H14BrClFNS/c1-19-14(11-7-6-10(17)8-13(11)18)9-20-15-5-3-2-4-12(15)16/h2-8,14,19H,9H2,1H3. The fraction of sp³-hybridized carbons (Fsp3) is 0.200.